The molecule has 4 N–H and O–H groups in total. The molecular formula is C22H26N6O. The molecule has 3 rings (SSSR count). The summed E-state index contributed by atoms with van der Waals surface area (Å²) >= 11 is 0. The molecule has 2 amide bonds. The fraction of sp³-hybridized carbons (Fsp3) is 0.227. The maximum atomic E-state index is 12.3. The van der Waals surface area contributed by atoms with Gasteiger partial charge < -0.3 is 21.3 Å². The normalized spacial score (nSPS) is 10.3. The van der Waals surface area contributed by atoms with Crippen molar-refractivity contribution in [2.24, 2.45) is 0 Å². The lowest BCUT2D eigenvalue weighted by Gasteiger charge is -2.11. The van der Waals surface area contributed by atoms with Gasteiger partial charge in [-0.3, -0.25) is 0 Å². The van der Waals surface area contributed by atoms with Gasteiger partial charge in [-0.2, -0.15) is 0 Å². The second-order valence-corrected chi connectivity index (χ2v) is 6.87. The maximum Gasteiger partial charge on any atom is 0.323 e. The van der Waals surface area contributed by atoms with E-state index < -0.39 is 0 Å². The Kier molecular flexibility index (Phi) is 6.29. The zero-order chi connectivity index (χ0) is 20.8. The Morgan fingerprint density at radius 2 is 1.38 bits per heavy atom. The maximum absolute atomic E-state index is 12.3. The number of urea groups is 1. The molecule has 29 heavy (non-hydrogen) atoms. The lowest BCUT2D eigenvalue weighted by atomic mass is 10.1. The largest absolute Gasteiger partial charge is 0.370 e. The van der Waals surface area contributed by atoms with Crippen LogP contribution in [0.3, 0.4) is 0 Å². The van der Waals surface area contributed by atoms with Crippen molar-refractivity contribution in [2.75, 3.05) is 27.8 Å². The molecule has 0 spiro atoms. The zero-order valence-corrected chi connectivity index (χ0v) is 17.1. The van der Waals surface area contributed by atoms with Gasteiger partial charge in [0, 0.05) is 29.7 Å². The van der Waals surface area contributed by atoms with E-state index in [4.69, 9.17) is 0 Å². The van der Waals surface area contributed by atoms with Gasteiger partial charge >= 0.3 is 6.03 Å². The van der Waals surface area contributed by atoms with Crippen molar-refractivity contribution in [1.29, 1.82) is 0 Å². The van der Waals surface area contributed by atoms with Crippen LogP contribution in [0.25, 0.3) is 0 Å². The molecule has 0 aliphatic carbocycles. The lowest BCUT2D eigenvalue weighted by molar-refractivity contribution is 0.262. The highest BCUT2D eigenvalue weighted by molar-refractivity contribution is 5.99. The van der Waals surface area contributed by atoms with E-state index in [-0.39, 0.29) is 6.03 Å². The average molecular weight is 390 g/mol. The Labute approximate surface area is 171 Å². The predicted molar refractivity (Wildman–Crippen MR) is 119 cm³/mol. The third-order valence-electron chi connectivity index (χ3n) is 4.09. The van der Waals surface area contributed by atoms with Crippen LogP contribution in [0.5, 0.6) is 0 Å². The first-order chi connectivity index (χ1) is 13.9. The van der Waals surface area contributed by atoms with Crippen LogP contribution in [0.1, 0.15) is 23.9 Å². The molecule has 0 atom stereocenters. The molecule has 7 heteroatoms. The molecule has 1 aromatic heterocycles. The van der Waals surface area contributed by atoms with E-state index in [1.807, 2.05) is 70.2 Å². The van der Waals surface area contributed by atoms with Crippen molar-refractivity contribution in [2.45, 2.75) is 27.7 Å². The minimum absolute atomic E-state index is 0.280. The molecule has 0 fully saturated rings. The van der Waals surface area contributed by atoms with Gasteiger partial charge in [0.15, 0.2) is 0 Å². The number of aromatic nitrogens is 2. The van der Waals surface area contributed by atoms with Gasteiger partial charge in [-0.25, -0.2) is 14.8 Å². The van der Waals surface area contributed by atoms with E-state index in [1.54, 1.807) is 0 Å². The highest BCUT2D eigenvalue weighted by atomic mass is 16.2. The van der Waals surface area contributed by atoms with Crippen LogP contribution in [0.15, 0.2) is 48.5 Å². The third-order valence-corrected chi connectivity index (χ3v) is 4.09. The summed E-state index contributed by atoms with van der Waals surface area (Å²) in [6, 6.07) is 15.0. The van der Waals surface area contributed by atoms with E-state index in [9.17, 15) is 4.79 Å². The molecule has 0 saturated carbocycles. The Balaban J connectivity index is 1.62. The molecule has 7 nitrogen and oxygen atoms in total. The molecule has 0 unspecified atom stereocenters. The standard InChI is InChI=1S/C22H26N6O/c1-5-23-20-13-21(25-16(4)24-20)26-17-6-8-18(9-7-17)27-22(29)28-19-11-14(2)10-15(3)12-19/h6-13H,5H2,1-4H3,(H2,27,28,29)(H2,23,24,25,26). The summed E-state index contributed by atoms with van der Waals surface area (Å²) < 4.78 is 0. The van der Waals surface area contributed by atoms with Crippen LogP contribution >= 0.6 is 0 Å². The molecule has 150 valence electrons. The zero-order valence-electron chi connectivity index (χ0n) is 17.1. The summed E-state index contributed by atoms with van der Waals surface area (Å²) in [5.74, 6) is 2.18. The topological polar surface area (TPSA) is 91.0 Å². The number of hydrogen-bond acceptors (Lipinski definition) is 5. The highest BCUT2D eigenvalue weighted by Crippen LogP contribution is 2.20. The van der Waals surface area contributed by atoms with Crippen LogP contribution in [-0.4, -0.2) is 22.5 Å². The first-order valence-corrected chi connectivity index (χ1v) is 9.54. The van der Waals surface area contributed by atoms with E-state index >= 15 is 0 Å². The van der Waals surface area contributed by atoms with Gasteiger partial charge in [0.05, 0.1) is 0 Å². The number of nitrogens with one attached hydrogen (secondary N) is 4. The minimum Gasteiger partial charge on any atom is -0.370 e. The second kappa shape index (κ2) is 9.05. The van der Waals surface area contributed by atoms with E-state index in [0.717, 1.165) is 34.9 Å². The van der Waals surface area contributed by atoms with Crippen molar-refractivity contribution in [3.63, 3.8) is 0 Å². The van der Waals surface area contributed by atoms with Gasteiger partial charge in [-0.15, -0.1) is 0 Å². The van der Waals surface area contributed by atoms with Crippen molar-refractivity contribution in [1.82, 2.24) is 9.97 Å². The van der Waals surface area contributed by atoms with Crippen LogP contribution in [-0.2, 0) is 0 Å². The Hall–Kier alpha value is -3.61. The Bertz CT molecular complexity index is 980. The summed E-state index contributed by atoms with van der Waals surface area (Å²) in [5.41, 5.74) is 4.55. The van der Waals surface area contributed by atoms with Crippen molar-refractivity contribution < 1.29 is 4.79 Å². The number of carbonyl (C=O) groups excluding carboxylic acids is 1. The van der Waals surface area contributed by atoms with Gasteiger partial charge in [0.1, 0.15) is 17.5 Å². The van der Waals surface area contributed by atoms with E-state index in [1.165, 1.54) is 0 Å². The summed E-state index contributed by atoms with van der Waals surface area (Å²) in [6.07, 6.45) is 0. The minimum atomic E-state index is -0.280. The number of benzene rings is 2. The molecular weight excluding hydrogens is 364 g/mol. The lowest BCUT2D eigenvalue weighted by Crippen LogP contribution is -2.19. The first-order valence-electron chi connectivity index (χ1n) is 9.54. The third kappa shape index (κ3) is 5.93. The molecule has 0 bridgehead atoms. The van der Waals surface area contributed by atoms with Gasteiger partial charge in [0.25, 0.3) is 0 Å². The Morgan fingerprint density at radius 1 is 0.793 bits per heavy atom. The predicted octanol–water partition coefficient (Wildman–Crippen LogP) is 5.22. The molecule has 0 aliphatic rings. The molecule has 1 heterocycles. The number of hydrogen-bond donors (Lipinski definition) is 4. The number of anilines is 5. The van der Waals surface area contributed by atoms with Gasteiger partial charge in [-0.05, 0) is 75.2 Å². The number of amides is 2. The quantitative estimate of drug-likeness (QED) is 0.463. The monoisotopic (exact) mass is 390 g/mol. The van der Waals surface area contributed by atoms with Crippen molar-refractivity contribution >= 4 is 34.7 Å². The fourth-order valence-electron chi connectivity index (χ4n) is 3.03. The van der Waals surface area contributed by atoms with E-state index in [2.05, 4.69) is 37.3 Å². The first kappa shape index (κ1) is 20.1. The Morgan fingerprint density at radius 3 is 2.03 bits per heavy atom. The molecule has 0 radical (unpaired) electrons. The molecule has 0 saturated heterocycles. The van der Waals surface area contributed by atoms with Crippen molar-refractivity contribution in [3.8, 4) is 0 Å². The van der Waals surface area contributed by atoms with Crippen LogP contribution in [0, 0.1) is 20.8 Å². The van der Waals surface area contributed by atoms with E-state index in [0.29, 0.717) is 17.3 Å². The summed E-state index contributed by atoms with van der Waals surface area (Å²) in [5, 5.41) is 12.1. The second-order valence-electron chi connectivity index (χ2n) is 6.87. The van der Waals surface area contributed by atoms with Crippen LogP contribution in [0.4, 0.5) is 33.5 Å². The smallest absolute Gasteiger partial charge is 0.323 e. The molecule has 3 aromatic rings. The summed E-state index contributed by atoms with van der Waals surface area (Å²) in [7, 11) is 0. The van der Waals surface area contributed by atoms with Crippen LogP contribution < -0.4 is 21.3 Å². The number of aryl methyl sites for hydroxylation is 3. The summed E-state index contributed by atoms with van der Waals surface area (Å²) in [6.45, 7) is 8.67. The van der Waals surface area contributed by atoms with Gasteiger partial charge in [-0.1, -0.05) is 6.07 Å². The number of carbonyl (C=O) groups is 1. The fourth-order valence-corrected chi connectivity index (χ4v) is 3.03. The average Bonchev–Trinajstić information content (AvgIpc) is 2.62. The number of rotatable bonds is 6. The summed E-state index contributed by atoms with van der Waals surface area (Å²) in [4.78, 5) is 21.0. The SMILES string of the molecule is CCNc1cc(Nc2ccc(NC(=O)Nc3cc(C)cc(C)c3)cc2)nc(C)n1. The molecule has 2 aromatic carbocycles. The van der Waals surface area contributed by atoms with Gasteiger partial charge in [0.2, 0.25) is 0 Å². The van der Waals surface area contributed by atoms with Crippen molar-refractivity contribution in [3.05, 3.63) is 65.5 Å². The molecule has 0 aliphatic heterocycles. The number of nitrogens with zero attached hydrogens (tertiary/aromatic N) is 2. The van der Waals surface area contributed by atoms with Crippen LogP contribution in [0.2, 0.25) is 0 Å². The highest BCUT2D eigenvalue weighted by Gasteiger charge is 2.05.